The number of nitrogen functional groups attached to an aromatic ring is 1. The van der Waals surface area contributed by atoms with Crippen LogP contribution in [0.1, 0.15) is 102 Å². The molecule has 1 saturated heterocycles. The fourth-order valence-electron chi connectivity index (χ4n) is 9.53. The summed E-state index contributed by atoms with van der Waals surface area (Å²) in [4.78, 5) is 59.6. The molecule has 5 N–H and O–H groups in total. The summed E-state index contributed by atoms with van der Waals surface area (Å²) in [6.07, 6.45) is 11.7. The third-order valence-electron chi connectivity index (χ3n) is 12.0. The molecule has 2 aromatic carbocycles. The Morgan fingerprint density at radius 2 is 1.64 bits per heavy atom. The summed E-state index contributed by atoms with van der Waals surface area (Å²) in [6, 6.07) is 14.7. The number of anilines is 3. The van der Waals surface area contributed by atoms with Gasteiger partial charge in [-0.3, -0.25) is 19.7 Å². The maximum atomic E-state index is 12.9. The average molecular weight is 774 g/mol. The SMILES string of the molecule is Nc1cccc(-c2csc(NC(=O)CCCCCCC(=O)NOCc3ccc(NC(=O)OC4CCC[C@]5(C4)OOC4(O5)C5CC6CC(C5)CC4C6)cc3)n2)c1. The summed E-state index contributed by atoms with van der Waals surface area (Å²) in [5.41, 5.74) is 12.1. The van der Waals surface area contributed by atoms with Crippen LogP contribution < -0.4 is 21.8 Å². The lowest BCUT2D eigenvalue weighted by Gasteiger charge is -2.57. The third kappa shape index (κ3) is 8.99. The van der Waals surface area contributed by atoms with E-state index in [-0.39, 0.29) is 24.5 Å². The van der Waals surface area contributed by atoms with Crippen molar-refractivity contribution in [2.24, 2.45) is 23.7 Å². The second-order valence-electron chi connectivity index (χ2n) is 16.1. The zero-order valence-corrected chi connectivity index (χ0v) is 31.9. The van der Waals surface area contributed by atoms with Gasteiger partial charge in [-0.1, -0.05) is 37.1 Å². The van der Waals surface area contributed by atoms with Gasteiger partial charge in [0, 0.05) is 59.8 Å². The predicted octanol–water partition coefficient (Wildman–Crippen LogP) is 8.24. The number of amides is 3. The number of carbonyl (C=O) groups is 3. The van der Waals surface area contributed by atoms with Crippen LogP contribution >= 0.6 is 11.3 Å². The number of ether oxygens (including phenoxy) is 2. The Bertz CT molecular complexity index is 1810. The van der Waals surface area contributed by atoms with Gasteiger partial charge in [0.05, 0.1) is 12.3 Å². The monoisotopic (exact) mass is 773 g/mol. The fourth-order valence-corrected chi connectivity index (χ4v) is 10.3. The lowest BCUT2D eigenvalue weighted by Crippen LogP contribution is -2.59. The topological polar surface area (TPSA) is 172 Å². The number of rotatable bonds is 14. The highest BCUT2D eigenvalue weighted by Gasteiger charge is 2.67. The molecule has 4 bridgehead atoms. The van der Waals surface area contributed by atoms with Crippen molar-refractivity contribution in [1.29, 1.82) is 0 Å². The van der Waals surface area contributed by atoms with Crippen LogP contribution in [0.4, 0.5) is 21.3 Å². The van der Waals surface area contributed by atoms with Crippen molar-refractivity contribution in [2.75, 3.05) is 16.4 Å². The van der Waals surface area contributed by atoms with Gasteiger partial charge >= 0.3 is 6.09 Å². The van der Waals surface area contributed by atoms with Crippen LogP contribution in [0.2, 0.25) is 0 Å². The van der Waals surface area contributed by atoms with Gasteiger partial charge in [-0.25, -0.2) is 15.3 Å². The number of hydrogen-bond donors (Lipinski definition) is 4. The molecule has 5 saturated carbocycles. The van der Waals surface area contributed by atoms with E-state index in [0.717, 1.165) is 92.9 Å². The maximum Gasteiger partial charge on any atom is 0.411 e. The lowest BCUT2D eigenvalue weighted by atomic mass is 9.53. The standard InChI is InChI=1S/C41H51N5O8S/c42-32-8-5-7-29(22-32)35-25-55-38(44-35)45-36(47)10-3-1-2-4-11-37(48)46-50-24-26-12-14-33(15-13-26)43-39(49)51-34-9-6-16-40(23-34)52-41(54-53-40)30-18-27-17-28(20-30)21-31(41)19-27/h5,7-8,12-15,22,25,27-28,30-31,34H,1-4,6,9-11,16-21,23-24,42H2,(H,43,49)(H,46,48)(H,44,45,47)/t27?,28?,30?,31?,34?,40-,41?/m1/s1. The summed E-state index contributed by atoms with van der Waals surface area (Å²) in [5, 5.41) is 8.14. The van der Waals surface area contributed by atoms with Crippen molar-refractivity contribution in [2.45, 2.75) is 121 Å². The van der Waals surface area contributed by atoms with Gasteiger partial charge in [-0.15, -0.1) is 11.3 Å². The number of carbonyl (C=O) groups excluding carboxylic acids is 3. The molecule has 14 heteroatoms. The van der Waals surface area contributed by atoms with Crippen LogP contribution in [-0.2, 0) is 40.3 Å². The van der Waals surface area contributed by atoms with E-state index in [2.05, 4.69) is 21.1 Å². The minimum absolute atomic E-state index is 0.0777. The van der Waals surface area contributed by atoms with Crippen LogP contribution in [0.15, 0.2) is 53.9 Å². The van der Waals surface area contributed by atoms with Gasteiger partial charge in [0.15, 0.2) is 5.13 Å². The van der Waals surface area contributed by atoms with Crippen molar-refractivity contribution < 1.29 is 38.5 Å². The molecule has 13 nitrogen and oxygen atoms in total. The Balaban J connectivity index is 0.676. The van der Waals surface area contributed by atoms with E-state index in [1.165, 1.54) is 17.8 Å². The molecule has 3 amide bonds. The van der Waals surface area contributed by atoms with Crippen molar-refractivity contribution in [3.8, 4) is 11.3 Å². The number of hydroxylamine groups is 1. The quantitative estimate of drug-likeness (QED) is 0.0541. The van der Waals surface area contributed by atoms with Crippen LogP contribution in [0.25, 0.3) is 11.3 Å². The minimum atomic E-state index is -0.857. The predicted molar refractivity (Wildman–Crippen MR) is 206 cm³/mol. The molecule has 294 valence electrons. The van der Waals surface area contributed by atoms with Gasteiger partial charge in [-0.2, -0.15) is 9.78 Å². The van der Waals surface area contributed by atoms with Gasteiger partial charge in [0.2, 0.25) is 23.4 Å². The number of nitrogens with zero attached hydrogens (tertiary/aromatic N) is 1. The first-order valence-electron chi connectivity index (χ1n) is 19.9. The molecule has 55 heavy (non-hydrogen) atoms. The van der Waals surface area contributed by atoms with E-state index in [9.17, 15) is 14.4 Å². The zero-order chi connectivity index (χ0) is 37.8. The van der Waals surface area contributed by atoms with Crippen LogP contribution in [0, 0.1) is 23.7 Å². The molecule has 3 aromatic rings. The van der Waals surface area contributed by atoms with Crippen molar-refractivity contribution in [1.82, 2.24) is 10.5 Å². The summed E-state index contributed by atoms with van der Waals surface area (Å²) in [6.45, 7) is 0.183. The Morgan fingerprint density at radius 3 is 2.38 bits per heavy atom. The fraction of sp³-hybridized carbons (Fsp3) is 0.561. The van der Waals surface area contributed by atoms with E-state index in [0.29, 0.717) is 54.0 Å². The summed E-state index contributed by atoms with van der Waals surface area (Å²) in [5.74, 6) is 0.602. The van der Waals surface area contributed by atoms with Gasteiger partial charge in [0.1, 0.15) is 6.10 Å². The van der Waals surface area contributed by atoms with E-state index >= 15 is 0 Å². The normalized spacial score (nSPS) is 29.1. The number of aromatic nitrogens is 1. The van der Waals surface area contributed by atoms with E-state index in [4.69, 9.17) is 29.8 Å². The maximum absolute atomic E-state index is 12.9. The highest BCUT2D eigenvalue weighted by molar-refractivity contribution is 7.14. The molecule has 2 spiro atoms. The molecule has 2 heterocycles. The van der Waals surface area contributed by atoms with Crippen molar-refractivity contribution >= 4 is 45.8 Å². The summed E-state index contributed by atoms with van der Waals surface area (Å²) < 4.78 is 12.6. The molecule has 6 aliphatic rings. The molecule has 0 radical (unpaired) electrons. The van der Waals surface area contributed by atoms with Crippen molar-refractivity contribution in [3.05, 3.63) is 59.5 Å². The summed E-state index contributed by atoms with van der Waals surface area (Å²) in [7, 11) is 0. The summed E-state index contributed by atoms with van der Waals surface area (Å²) >= 11 is 1.38. The lowest BCUT2D eigenvalue weighted by molar-refractivity contribution is -0.390. The van der Waals surface area contributed by atoms with Gasteiger partial charge in [0.25, 0.3) is 0 Å². The number of unbranched alkanes of at least 4 members (excludes halogenated alkanes) is 3. The number of hydrogen-bond acceptors (Lipinski definition) is 11. The first-order valence-corrected chi connectivity index (χ1v) is 20.8. The number of thiazole rings is 1. The third-order valence-corrected chi connectivity index (χ3v) is 12.7. The average Bonchev–Trinajstić information content (AvgIpc) is 3.78. The Morgan fingerprint density at radius 1 is 0.891 bits per heavy atom. The first-order chi connectivity index (χ1) is 26.7. The number of nitrogens with two attached hydrogens (primary N) is 1. The second-order valence-corrected chi connectivity index (χ2v) is 16.9. The van der Waals surface area contributed by atoms with E-state index < -0.39 is 17.7 Å². The van der Waals surface area contributed by atoms with Gasteiger partial charge < -0.3 is 20.5 Å². The number of nitrogens with one attached hydrogen (secondary N) is 3. The van der Waals surface area contributed by atoms with Crippen LogP contribution in [0.5, 0.6) is 0 Å². The molecule has 5 aliphatic carbocycles. The van der Waals surface area contributed by atoms with E-state index in [1.807, 2.05) is 41.8 Å². The molecule has 1 aromatic heterocycles. The molecule has 6 fully saturated rings. The first kappa shape index (κ1) is 37.8. The van der Waals surface area contributed by atoms with Gasteiger partial charge in [-0.05, 0) is 99.5 Å². The minimum Gasteiger partial charge on any atom is -0.446 e. The Labute approximate surface area is 325 Å². The van der Waals surface area contributed by atoms with Crippen molar-refractivity contribution in [3.63, 3.8) is 0 Å². The molecule has 1 aliphatic heterocycles. The van der Waals surface area contributed by atoms with Crippen LogP contribution in [0.3, 0.4) is 0 Å². The highest BCUT2D eigenvalue weighted by atomic mass is 32.1. The Kier molecular flexibility index (Phi) is 11.4. The molecule has 2 atom stereocenters. The molecule has 1 unspecified atom stereocenters. The van der Waals surface area contributed by atoms with E-state index in [1.54, 1.807) is 12.1 Å². The zero-order valence-electron chi connectivity index (χ0n) is 31.1. The molecular weight excluding hydrogens is 723 g/mol. The molecule has 9 rings (SSSR count). The molecular formula is C41H51N5O8S. The smallest absolute Gasteiger partial charge is 0.411 e. The highest BCUT2D eigenvalue weighted by Crippen LogP contribution is 2.63. The van der Waals surface area contributed by atoms with Crippen LogP contribution in [-0.4, -0.2) is 40.6 Å². The number of benzene rings is 2. The second kappa shape index (κ2) is 16.6. The largest absolute Gasteiger partial charge is 0.446 e. The Hall–Kier alpha value is -4.08.